The fourth-order valence-electron chi connectivity index (χ4n) is 3.32. The Bertz CT molecular complexity index is 151. The highest BCUT2D eigenvalue weighted by Gasteiger charge is 2.46. The van der Waals surface area contributed by atoms with E-state index < -0.39 is 0 Å². The summed E-state index contributed by atoms with van der Waals surface area (Å²) >= 11 is 0. The highest BCUT2D eigenvalue weighted by atomic mass is 16.5. The van der Waals surface area contributed by atoms with E-state index in [4.69, 9.17) is 4.74 Å². The minimum atomic E-state index is 0.605. The van der Waals surface area contributed by atoms with Gasteiger partial charge in [0, 0.05) is 6.61 Å². The van der Waals surface area contributed by atoms with Gasteiger partial charge in [-0.2, -0.15) is 0 Å². The molecule has 0 bridgehead atoms. The zero-order valence-corrected chi connectivity index (χ0v) is 8.31. The zero-order chi connectivity index (χ0) is 8.60. The molecule has 1 spiro atoms. The predicted octanol–water partition coefficient (Wildman–Crippen LogP) is 2.85. The Morgan fingerprint density at radius 1 is 1.33 bits per heavy atom. The topological polar surface area (TPSA) is 9.23 Å². The summed E-state index contributed by atoms with van der Waals surface area (Å²) in [7, 11) is 0. The molecule has 2 fully saturated rings. The monoisotopic (exact) mass is 168 g/mol. The van der Waals surface area contributed by atoms with Gasteiger partial charge in [-0.05, 0) is 36.5 Å². The van der Waals surface area contributed by atoms with Crippen molar-refractivity contribution in [1.82, 2.24) is 0 Å². The highest BCUT2D eigenvalue weighted by Crippen LogP contribution is 2.51. The number of hydrogen-bond donors (Lipinski definition) is 0. The molecule has 1 saturated heterocycles. The molecule has 0 amide bonds. The molecule has 12 heavy (non-hydrogen) atoms. The van der Waals surface area contributed by atoms with E-state index in [9.17, 15) is 0 Å². The molecule has 1 aliphatic heterocycles. The Morgan fingerprint density at radius 3 is 2.75 bits per heavy atom. The molecular weight excluding hydrogens is 148 g/mol. The summed E-state index contributed by atoms with van der Waals surface area (Å²) in [5, 5.41) is 0. The van der Waals surface area contributed by atoms with Crippen LogP contribution < -0.4 is 0 Å². The van der Waals surface area contributed by atoms with Crippen molar-refractivity contribution in [3.8, 4) is 0 Å². The Labute approximate surface area is 75.5 Å². The summed E-state index contributed by atoms with van der Waals surface area (Å²) in [6.45, 7) is 6.81. The number of ether oxygens (including phenoxy) is 1. The first-order valence-electron chi connectivity index (χ1n) is 5.32. The van der Waals surface area contributed by atoms with Crippen LogP contribution in [0.1, 0.15) is 39.5 Å². The van der Waals surface area contributed by atoms with Gasteiger partial charge in [-0.15, -0.1) is 0 Å². The predicted molar refractivity (Wildman–Crippen MR) is 50.0 cm³/mol. The van der Waals surface area contributed by atoms with Crippen LogP contribution in [0, 0.1) is 17.3 Å². The molecule has 1 heteroatoms. The fourth-order valence-corrected chi connectivity index (χ4v) is 3.32. The minimum absolute atomic E-state index is 0.605. The van der Waals surface area contributed by atoms with E-state index in [1.165, 1.54) is 25.7 Å². The maximum Gasteiger partial charge on any atom is 0.0526 e. The van der Waals surface area contributed by atoms with Gasteiger partial charge in [0.2, 0.25) is 0 Å². The molecule has 1 saturated carbocycles. The van der Waals surface area contributed by atoms with Gasteiger partial charge >= 0.3 is 0 Å². The molecule has 0 radical (unpaired) electrons. The Balaban J connectivity index is 2.12. The first-order valence-corrected chi connectivity index (χ1v) is 5.32. The Kier molecular flexibility index (Phi) is 2.16. The van der Waals surface area contributed by atoms with Gasteiger partial charge in [0.05, 0.1) is 6.61 Å². The molecule has 1 heterocycles. The molecule has 0 N–H and O–H groups in total. The summed E-state index contributed by atoms with van der Waals surface area (Å²) < 4.78 is 5.56. The third-order valence-corrected chi connectivity index (χ3v) is 3.91. The van der Waals surface area contributed by atoms with Gasteiger partial charge in [-0.3, -0.25) is 0 Å². The average Bonchev–Trinajstić information content (AvgIpc) is 2.61. The van der Waals surface area contributed by atoms with Crippen molar-refractivity contribution >= 4 is 0 Å². The SMILES string of the molecule is CC(C)C1CCCC12CCOC2. The molecule has 1 aliphatic carbocycles. The molecule has 2 unspecified atom stereocenters. The molecule has 0 aromatic carbocycles. The van der Waals surface area contributed by atoms with Crippen LogP contribution in [-0.4, -0.2) is 13.2 Å². The van der Waals surface area contributed by atoms with Crippen LogP contribution in [0.5, 0.6) is 0 Å². The van der Waals surface area contributed by atoms with Crippen molar-refractivity contribution in [3.63, 3.8) is 0 Å². The molecule has 0 aromatic rings. The largest absolute Gasteiger partial charge is 0.381 e. The summed E-state index contributed by atoms with van der Waals surface area (Å²) in [5.41, 5.74) is 0.605. The molecule has 2 aliphatic rings. The Hall–Kier alpha value is -0.0400. The second-order valence-electron chi connectivity index (χ2n) is 4.91. The average molecular weight is 168 g/mol. The smallest absolute Gasteiger partial charge is 0.0526 e. The minimum Gasteiger partial charge on any atom is -0.381 e. The molecular formula is C11H20O. The molecule has 2 rings (SSSR count). The van der Waals surface area contributed by atoms with Crippen LogP contribution >= 0.6 is 0 Å². The van der Waals surface area contributed by atoms with Crippen LogP contribution in [0.2, 0.25) is 0 Å². The van der Waals surface area contributed by atoms with E-state index in [1.807, 2.05) is 0 Å². The van der Waals surface area contributed by atoms with Gasteiger partial charge < -0.3 is 4.74 Å². The lowest BCUT2D eigenvalue weighted by Crippen LogP contribution is -2.29. The van der Waals surface area contributed by atoms with Crippen molar-refractivity contribution in [3.05, 3.63) is 0 Å². The lowest BCUT2D eigenvalue weighted by molar-refractivity contribution is 0.104. The van der Waals surface area contributed by atoms with Crippen molar-refractivity contribution < 1.29 is 4.74 Å². The maximum absolute atomic E-state index is 5.56. The van der Waals surface area contributed by atoms with Gasteiger partial charge in [0.25, 0.3) is 0 Å². The second kappa shape index (κ2) is 3.02. The Morgan fingerprint density at radius 2 is 2.17 bits per heavy atom. The summed E-state index contributed by atoms with van der Waals surface area (Å²) in [5.74, 6) is 1.80. The lowest BCUT2D eigenvalue weighted by atomic mass is 9.72. The maximum atomic E-state index is 5.56. The van der Waals surface area contributed by atoms with Gasteiger partial charge in [-0.25, -0.2) is 0 Å². The first kappa shape index (κ1) is 8.55. The standard InChI is InChI=1S/C11H20O/c1-9(2)10-4-3-5-11(10)6-7-12-8-11/h9-10H,3-8H2,1-2H3. The molecule has 0 aromatic heterocycles. The van der Waals surface area contributed by atoms with Crippen molar-refractivity contribution in [2.45, 2.75) is 39.5 Å². The van der Waals surface area contributed by atoms with Crippen LogP contribution in [0.3, 0.4) is 0 Å². The van der Waals surface area contributed by atoms with E-state index in [2.05, 4.69) is 13.8 Å². The van der Waals surface area contributed by atoms with Gasteiger partial charge in [0.1, 0.15) is 0 Å². The van der Waals surface area contributed by atoms with Crippen LogP contribution in [0.25, 0.3) is 0 Å². The van der Waals surface area contributed by atoms with E-state index in [-0.39, 0.29) is 0 Å². The summed E-state index contributed by atoms with van der Waals surface area (Å²) in [4.78, 5) is 0. The second-order valence-corrected chi connectivity index (χ2v) is 4.91. The van der Waals surface area contributed by atoms with Crippen LogP contribution in [0.4, 0.5) is 0 Å². The molecule has 70 valence electrons. The lowest BCUT2D eigenvalue weighted by Gasteiger charge is -2.32. The van der Waals surface area contributed by atoms with Crippen molar-refractivity contribution in [1.29, 1.82) is 0 Å². The normalized spacial score (nSPS) is 41.8. The fraction of sp³-hybridized carbons (Fsp3) is 1.00. The summed E-state index contributed by atoms with van der Waals surface area (Å²) in [6, 6.07) is 0. The summed E-state index contributed by atoms with van der Waals surface area (Å²) in [6.07, 6.45) is 5.64. The first-order chi connectivity index (χ1) is 5.75. The van der Waals surface area contributed by atoms with E-state index in [0.29, 0.717) is 5.41 Å². The van der Waals surface area contributed by atoms with Crippen LogP contribution in [-0.2, 0) is 4.74 Å². The van der Waals surface area contributed by atoms with Crippen LogP contribution in [0.15, 0.2) is 0 Å². The number of hydrogen-bond acceptors (Lipinski definition) is 1. The van der Waals surface area contributed by atoms with E-state index in [1.54, 1.807) is 0 Å². The van der Waals surface area contributed by atoms with Gasteiger partial charge in [-0.1, -0.05) is 20.3 Å². The van der Waals surface area contributed by atoms with E-state index in [0.717, 1.165) is 25.0 Å². The molecule has 1 nitrogen and oxygen atoms in total. The molecule has 2 atom stereocenters. The van der Waals surface area contributed by atoms with E-state index >= 15 is 0 Å². The third-order valence-electron chi connectivity index (χ3n) is 3.91. The number of rotatable bonds is 1. The zero-order valence-electron chi connectivity index (χ0n) is 8.31. The van der Waals surface area contributed by atoms with Gasteiger partial charge in [0.15, 0.2) is 0 Å². The van der Waals surface area contributed by atoms with Crippen molar-refractivity contribution in [2.75, 3.05) is 13.2 Å². The third kappa shape index (κ3) is 1.19. The van der Waals surface area contributed by atoms with Crippen molar-refractivity contribution in [2.24, 2.45) is 17.3 Å². The highest BCUT2D eigenvalue weighted by molar-refractivity contribution is 4.95. The quantitative estimate of drug-likeness (QED) is 0.585.